The van der Waals surface area contributed by atoms with Gasteiger partial charge in [0, 0.05) is 11.8 Å². The number of hydrogen-bond donors (Lipinski definition) is 2. The molecule has 112 valence electrons. The smallest absolute Gasteiger partial charge is 0.238 e. The van der Waals surface area contributed by atoms with Crippen molar-refractivity contribution in [3.63, 3.8) is 0 Å². The van der Waals surface area contributed by atoms with Crippen molar-refractivity contribution < 1.29 is 4.79 Å². The highest BCUT2D eigenvalue weighted by molar-refractivity contribution is 8.00. The lowest BCUT2D eigenvalue weighted by molar-refractivity contribution is -0.126. The summed E-state index contributed by atoms with van der Waals surface area (Å²) in [5.41, 5.74) is 5.19. The van der Waals surface area contributed by atoms with Gasteiger partial charge < -0.3 is 11.1 Å². The molecule has 2 atom stereocenters. The second-order valence-corrected chi connectivity index (χ2v) is 7.69. The van der Waals surface area contributed by atoms with Gasteiger partial charge in [0.25, 0.3) is 0 Å². The molecule has 0 radical (unpaired) electrons. The molecule has 0 bridgehead atoms. The van der Waals surface area contributed by atoms with E-state index in [2.05, 4.69) is 28.5 Å². The third-order valence-electron chi connectivity index (χ3n) is 3.84. The molecule has 3 N–H and O–H groups in total. The largest absolute Gasteiger partial charge is 0.368 e. The van der Waals surface area contributed by atoms with Gasteiger partial charge in [0.05, 0.1) is 0 Å². The average Bonchev–Trinajstić information content (AvgIpc) is 2.99. The number of nitrogens with zero attached hydrogens (tertiary/aromatic N) is 2. The van der Waals surface area contributed by atoms with Gasteiger partial charge in [0.2, 0.25) is 5.91 Å². The highest BCUT2D eigenvalue weighted by Crippen LogP contribution is 2.39. The van der Waals surface area contributed by atoms with Crippen molar-refractivity contribution in [1.82, 2.24) is 14.7 Å². The predicted octanol–water partition coefficient (Wildman–Crippen LogP) is 2.04. The number of aromatic nitrogens is 2. The van der Waals surface area contributed by atoms with Crippen LogP contribution in [0, 0.1) is 5.92 Å². The van der Waals surface area contributed by atoms with Gasteiger partial charge in [-0.25, -0.2) is 4.98 Å². The Kier molecular flexibility index (Phi) is 5.40. The lowest BCUT2D eigenvalue weighted by Gasteiger charge is -2.35. The number of carbonyl (C=O) groups excluding carboxylic acids is 1. The molecule has 1 aromatic heterocycles. The Morgan fingerprint density at radius 3 is 3.10 bits per heavy atom. The van der Waals surface area contributed by atoms with Gasteiger partial charge in [-0.2, -0.15) is 4.37 Å². The fraction of sp³-hybridized carbons (Fsp3) is 0.769. The maximum atomic E-state index is 12.0. The molecule has 5 nitrogen and oxygen atoms in total. The Morgan fingerprint density at radius 2 is 2.50 bits per heavy atom. The zero-order valence-electron chi connectivity index (χ0n) is 12.0. The molecular formula is C13H22N4OS2. The van der Waals surface area contributed by atoms with Crippen molar-refractivity contribution in [1.29, 1.82) is 0 Å². The molecule has 7 heteroatoms. The van der Waals surface area contributed by atoms with Gasteiger partial charge in [-0.1, -0.05) is 18.2 Å². The number of thioether (sulfide) groups is 1. The van der Waals surface area contributed by atoms with E-state index in [0.29, 0.717) is 5.92 Å². The van der Waals surface area contributed by atoms with Crippen molar-refractivity contribution in [2.45, 2.75) is 55.5 Å². The average molecular weight is 314 g/mol. The number of primary amides is 1. The van der Waals surface area contributed by atoms with E-state index in [4.69, 9.17) is 5.73 Å². The second-order valence-electron chi connectivity index (χ2n) is 5.57. The molecule has 1 aromatic rings. The minimum absolute atomic E-state index is 0.199. The first-order chi connectivity index (χ1) is 9.54. The van der Waals surface area contributed by atoms with E-state index in [1.807, 2.05) is 0 Å². The van der Waals surface area contributed by atoms with Crippen LogP contribution >= 0.6 is 23.3 Å². The standard InChI is InChI=1S/C13H22N4OS2/c1-9(2)17-13(11(14)18)6-3-4-10(13)5-7-19-12-15-8-16-20-12/h8-10,17H,3-7H2,1-2H3,(H2,14,18). The number of carbonyl (C=O) groups is 1. The molecule has 2 rings (SSSR count). The van der Waals surface area contributed by atoms with Crippen LogP contribution in [0.1, 0.15) is 39.5 Å². The van der Waals surface area contributed by atoms with Crippen molar-refractivity contribution in [2.24, 2.45) is 11.7 Å². The minimum Gasteiger partial charge on any atom is -0.368 e. The van der Waals surface area contributed by atoms with E-state index in [-0.39, 0.29) is 11.9 Å². The lowest BCUT2D eigenvalue weighted by Crippen LogP contribution is -2.60. The van der Waals surface area contributed by atoms with Crippen molar-refractivity contribution >= 4 is 29.2 Å². The first kappa shape index (κ1) is 15.7. The molecule has 20 heavy (non-hydrogen) atoms. The zero-order valence-corrected chi connectivity index (χ0v) is 13.6. The molecule has 2 unspecified atom stereocenters. The molecule has 1 fully saturated rings. The summed E-state index contributed by atoms with van der Waals surface area (Å²) in [7, 11) is 0. The Bertz CT molecular complexity index is 438. The van der Waals surface area contributed by atoms with Crippen LogP contribution < -0.4 is 11.1 Å². The Hall–Kier alpha value is -0.660. The summed E-state index contributed by atoms with van der Waals surface area (Å²) in [5.74, 6) is 1.08. The van der Waals surface area contributed by atoms with Crippen molar-refractivity contribution in [2.75, 3.05) is 5.75 Å². The quantitative estimate of drug-likeness (QED) is 0.753. The lowest BCUT2D eigenvalue weighted by atomic mass is 9.83. The Labute approximate surface area is 128 Å². The topological polar surface area (TPSA) is 80.9 Å². The van der Waals surface area contributed by atoms with Crippen molar-refractivity contribution in [3.8, 4) is 0 Å². The third-order valence-corrected chi connectivity index (χ3v) is 5.67. The summed E-state index contributed by atoms with van der Waals surface area (Å²) in [5, 5.41) is 3.44. The summed E-state index contributed by atoms with van der Waals surface area (Å²) in [6.45, 7) is 4.13. The number of hydrogen-bond acceptors (Lipinski definition) is 6. The molecule has 0 saturated heterocycles. The fourth-order valence-electron chi connectivity index (χ4n) is 3.08. The number of nitrogens with one attached hydrogen (secondary N) is 1. The molecule has 0 spiro atoms. The van der Waals surface area contributed by atoms with Crippen LogP contribution in [0.15, 0.2) is 10.7 Å². The monoisotopic (exact) mass is 314 g/mol. The number of amides is 1. The number of rotatable bonds is 7. The summed E-state index contributed by atoms with van der Waals surface area (Å²) >= 11 is 3.13. The van der Waals surface area contributed by atoms with Crippen molar-refractivity contribution in [3.05, 3.63) is 6.33 Å². The minimum atomic E-state index is -0.518. The van der Waals surface area contributed by atoms with Crippen LogP contribution in [-0.2, 0) is 4.79 Å². The first-order valence-electron chi connectivity index (χ1n) is 7.01. The summed E-state index contributed by atoms with van der Waals surface area (Å²) in [4.78, 5) is 16.2. The van der Waals surface area contributed by atoms with Crippen LogP contribution in [-0.4, -0.2) is 32.6 Å². The molecule has 1 aliphatic rings. The molecule has 0 aliphatic heterocycles. The van der Waals surface area contributed by atoms with E-state index in [1.165, 1.54) is 11.5 Å². The molecule has 1 aliphatic carbocycles. The van der Waals surface area contributed by atoms with Crippen LogP contribution in [0.3, 0.4) is 0 Å². The van der Waals surface area contributed by atoms with Gasteiger partial charge in [-0.3, -0.25) is 4.79 Å². The van der Waals surface area contributed by atoms with Crippen LogP contribution in [0.4, 0.5) is 0 Å². The van der Waals surface area contributed by atoms with Gasteiger partial charge in [0.1, 0.15) is 11.9 Å². The highest BCUT2D eigenvalue weighted by Gasteiger charge is 2.47. The van der Waals surface area contributed by atoms with Crippen LogP contribution in [0.25, 0.3) is 0 Å². The Balaban J connectivity index is 1.95. The zero-order chi connectivity index (χ0) is 14.6. The Morgan fingerprint density at radius 1 is 1.70 bits per heavy atom. The van der Waals surface area contributed by atoms with Crippen LogP contribution in [0.2, 0.25) is 0 Å². The van der Waals surface area contributed by atoms with Gasteiger partial charge in [0.15, 0.2) is 4.34 Å². The van der Waals surface area contributed by atoms with E-state index >= 15 is 0 Å². The van der Waals surface area contributed by atoms with E-state index in [1.54, 1.807) is 18.1 Å². The normalized spacial score (nSPS) is 26.2. The predicted molar refractivity (Wildman–Crippen MR) is 82.8 cm³/mol. The molecule has 1 amide bonds. The summed E-state index contributed by atoms with van der Waals surface area (Å²) < 4.78 is 4.98. The second kappa shape index (κ2) is 6.87. The van der Waals surface area contributed by atoms with Crippen LogP contribution in [0.5, 0.6) is 0 Å². The molecular weight excluding hydrogens is 292 g/mol. The van der Waals surface area contributed by atoms with E-state index in [0.717, 1.165) is 35.8 Å². The maximum absolute atomic E-state index is 12.0. The molecule has 0 aromatic carbocycles. The maximum Gasteiger partial charge on any atom is 0.238 e. The van der Waals surface area contributed by atoms with E-state index in [9.17, 15) is 4.79 Å². The summed E-state index contributed by atoms with van der Waals surface area (Å²) in [6, 6.07) is 0.263. The van der Waals surface area contributed by atoms with E-state index < -0.39 is 5.54 Å². The van der Waals surface area contributed by atoms with Gasteiger partial charge in [-0.05, 0) is 50.6 Å². The first-order valence-corrected chi connectivity index (χ1v) is 8.77. The third kappa shape index (κ3) is 3.51. The fourth-order valence-corrected chi connectivity index (χ4v) is 4.65. The van der Waals surface area contributed by atoms with Gasteiger partial charge in [-0.15, -0.1) is 0 Å². The highest BCUT2D eigenvalue weighted by atomic mass is 32.2. The summed E-state index contributed by atoms with van der Waals surface area (Å²) in [6.07, 6.45) is 5.55. The van der Waals surface area contributed by atoms with Gasteiger partial charge >= 0.3 is 0 Å². The number of nitrogens with two attached hydrogens (primary N) is 1. The molecule has 1 heterocycles. The SMILES string of the molecule is CC(C)NC1(C(N)=O)CCCC1CCSc1ncns1. The molecule has 1 saturated carbocycles.